The van der Waals surface area contributed by atoms with Crippen LogP contribution in [0.5, 0.6) is 0 Å². The highest BCUT2D eigenvalue weighted by Gasteiger charge is 2.22. The molecule has 3 unspecified atom stereocenters. The standard InChI is InChI=1S/C64H123NO4/c1-3-5-7-9-11-13-15-17-19-21-23-25-26-27-28-29-30-31-32-33-34-35-36-37-39-41-43-45-47-49-51-53-55-57-59-63(68)64(69)65-61(60-66)62(67)58-56-54-52-50-48-46-44-42-40-38-24-22-20-18-16-14-12-10-8-6-4-2/h40,42,48,50,56,58,61-63,66-68H,3-39,41,43-47,49,51-55,57,59-60H2,1-2H3,(H,65,69)/b42-40+,50-48+,58-56+. The van der Waals surface area contributed by atoms with Crippen molar-refractivity contribution in [1.82, 2.24) is 5.32 Å². The maximum absolute atomic E-state index is 12.6. The van der Waals surface area contributed by atoms with Gasteiger partial charge in [-0.3, -0.25) is 4.79 Å². The van der Waals surface area contributed by atoms with E-state index < -0.39 is 24.2 Å². The highest BCUT2D eigenvalue weighted by atomic mass is 16.3. The third-order valence-corrected chi connectivity index (χ3v) is 14.7. The number of nitrogens with one attached hydrogen (secondary N) is 1. The van der Waals surface area contributed by atoms with Gasteiger partial charge in [0.15, 0.2) is 0 Å². The van der Waals surface area contributed by atoms with Crippen LogP contribution in [0.25, 0.3) is 0 Å². The fraction of sp³-hybridized carbons (Fsp3) is 0.891. The van der Waals surface area contributed by atoms with Crippen LogP contribution in [0.1, 0.15) is 341 Å². The Kier molecular flexibility index (Phi) is 57.9. The Balaban J connectivity index is 3.52. The van der Waals surface area contributed by atoms with Crippen molar-refractivity contribution in [2.24, 2.45) is 0 Å². The minimum Gasteiger partial charge on any atom is -0.394 e. The summed E-state index contributed by atoms with van der Waals surface area (Å²) in [4.78, 5) is 12.6. The van der Waals surface area contributed by atoms with Crippen molar-refractivity contribution in [3.63, 3.8) is 0 Å². The summed E-state index contributed by atoms with van der Waals surface area (Å²) in [5.41, 5.74) is 0. The number of aliphatic hydroxyl groups excluding tert-OH is 3. The van der Waals surface area contributed by atoms with Gasteiger partial charge in [-0.1, -0.05) is 333 Å². The quantitative estimate of drug-likeness (QED) is 0.0361. The van der Waals surface area contributed by atoms with Crippen molar-refractivity contribution in [2.75, 3.05) is 6.61 Å². The zero-order valence-electron chi connectivity index (χ0n) is 46.7. The monoisotopic (exact) mass is 970 g/mol. The second-order valence-corrected chi connectivity index (χ2v) is 21.6. The molecule has 3 atom stereocenters. The first kappa shape index (κ1) is 67.6. The van der Waals surface area contributed by atoms with Gasteiger partial charge in [0, 0.05) is 0 Å². The summed E-state index contributed by atoms with van der Waals surface area (Å²) in [5.74, 6) is -0.511. The lowest BCUT2D eigenvalue weighted by molar-refractivity contribution is -0.131. The Hall–Kier alpha value is -1.43. The smallest absolute Gasteiger partial charge is 0.249 e. The Labute approximate surface area is 432 Å². The molecule has 0 aliphatic heterocycles. The maximum atomic E-state index is 12.6. The molecule has 0 aromatic carbocycles. The molecular weight excluding hydrogens is 847 g/mol. The van der Waals surface area contributed by atoms with E-state index in [0.29, 0.717) is 6.42 Å². The summed E-state index contributed by atoms with van der Waals surface area (Å²) < 4.78 is 0. The van der Waals surface area contributed by atoms with Crippen LogP contribution in [-0.2, 0) is 4.79 Å². The van der Waals surface area contributed by atoms with Crippen molar-refractivity contribution < 1.29 is 20.1 Å². The van der Waals surface area contributed by atoms with Gasteiger partial charge in [-0.15, -0.1) is 0 Å². The molecule has 1 amide bonds. The Morgan fingerprint density at radius 3 is 0.884 bits per heavy atom. The molecule has 0 saturated heterocycles. The first-order chi connectivity index (χ1) is 34.1. The summed E-state index contributed by atoms with van der Waals surface area (Å²) in [7, 11) is 0. The average Bonchev–Trinajstić information content (AvgIpc) is 3.35. The van der Waals surface area contributed by atoms with Crippen LogP contribution in [-0.4, -0.2) is 46.1 Å². The highest BCUT2D eigenvalue weighted by molar-refractivity contribution is 5.80. The van der Waals surface area contributed by atoms with E-state index in [9.17, 15) is 20.1 Å². The van der Waals surface area contributed by atoms with Crippen molar-refractivity contribution in [2.45, 2.75) is 360 Å². The number of rotatable bonds is 58. The molecule has 0 aliphatic rings. The van der Waals surface area contributed by atoms with Gasteiger partial charge in [0.1, 0.15) is 6.10 Å². The molecular formula is C64H123NO4. The van der Waals surface area contributed by atoms with Crippen LogP contribution >= 0.6 is 0 Å². The van der Waals surface area contributed by atoms with Crippen LogP contribution in [0.2, 0.25) is 0 Å². The van der Waals surface area contributed by atoms with E-state index in [1.807, 2.05) is 6.08 Å². The molecule has 0 fully saturated rings. The fourth-order valence-electron chi connectivity index (χ4n) is 9.87. The van der Waals surface area contributed by atoms with Gasteiger partial charge >= 0.3 is 0 Å². The van der Waals surface area contributed by atoms with Crippen molar-refractivity contribution >= 4 is 5.91 Å². The van der Waals surface area contributed by atoms with Crippen LogP contribution in [0, 0.1) is 0 Å². The number of hydrogen-bond acceptors (Lipinski definition) is 4. The summed E-state index contributed by atoms with van der Waals surface area (Å²) in [5, 5.41) is 33.4. The van der Waals surface area contributed by atoms with Gasteiger partial charge in [-0.05, 0) is 44.9 Å². The van der Waals surface area contributed by atoms with Gasteiger partial charge in [-0.25, -0.2) is 0 Å². The number of aliphatic hydroxyl groups is 3. The molecule has 0 bridgehead atoms. The lowest BCUT2D eigenvalue weighted by atomic mass is 10.0. The zero-order chi connectivity index (χ0) is 50.0. The second kappa shape index (κ2) is 59.1. The molecule has 0 rings (SSSR count). The minimum atomic E-state index is -1.11. The summed E-state index contributed by atoms with van der Waals surface area (Å²) >= 11 is 0. The molecule has 5 nitrogen and oxygen atoms in total. The highest BCUT2D eigenvalue weighted by Crippen LogP contribution is 2.18. The Morgan fingerprint density at radius 2 is 0.594 bits per heavy atom. The molecule has 0 saturated carbocycles. The van der Waals surface area contributed by atoms with E-state index in [2.05, 4.69) is 43.5 Å². The number of allylic oxidation sites excluding steroid dienone is 5. The van der Waals surface area contributed by atoms with E-state index >= 15 is 0 Å². The molecule has 0 aromatic rings. The molecule has 0 heterocycles. The Bertz CT molecular complexity index is 1070. The van der Waals surface area contributed by atoms with E-state index in [0.717, 1.165) is 44.9 Å². The van der Waals surface area contributed by atoms with E-state index in [1.54, 1.807) is 6.08 Å². The topological polar surface area (TPSA) is 89.8 Å². The van der Waals surface area contributed by atoms with Crippen LogP contribution < -0.4 is 5.32 Å². The van der Waals surface area contributed by atoms with Crippen LogP contribution in [0.4, 0.5) is 0 Å². The minimum absolute atomic E-state index is 0.379. The third-order valence-electron chi connectivity index (χ3n) is 14.7. The normalized spacial score (nSPS) is 13.4. The second-order valence-electron chi connectivity index (χ2n) is 21.6. The molecule has 0 radical (unpaired) electrons. The summed E-state index contributed by atoms with van der Waals surface area (Å²) in [6.07, 6.45) is 78.3. The van der Waals surface area contributed by atoms with Crippen molar-refractivity contribution in [3.8, 4) is 0 Å². The average molecular weight is 971 g/mol. The largest absolute Gasteiger partial charge is 0.394 e. The third kappa shape index (κ3) is 54.2. The SMILES string of the molecule is CCCCCCCCCCCCC/C=C/CC/C=C/CC/C=C/C(O)C(CO)NC(=O)C(O)CCCCCCCCCCCCCCCCCCCCCCCCCCCCCCCCCCCC. The molecule has 408 valence electrons. The van der Waals surface area contributed by atoms with Crippen molar-refractivity contribution in [1.29, 1.82) is 0 Å². The molecule has 0 aliphatic carbocycles. The fourth-order valence-corrected chi connectivity index (χ4v) is 9.87. The van der Waals surface area contributed by atoms with E-state index in [-0.39, 0.29) is 6.61 Å². The predicted octanol–water partition coefficient (Wildman–Crippen LogP) is 19.8. The summed E-state index contributed by atoms with van der Waals surface area (Å²) in [6.45, 7) is 4.21. The molecule has 0 spiro atoms. The lowest BCUT2D eigenvalue weighted by Crippen LogP contribution is -2.48. The van der Waals surface area contributed by atoms with Gasteiger partial charge in [0.25, 0.3) is 0 Å². The molecule has 4 N–H and O–H groups in total. The zero-order valence-corrected chi connectivity index (χ0v) is 46.7. The Morgan fingerprint density at radius 1 is 0.348 bits per heavy atom. The van der Waals surface area contributed by atoms with Gasteiger partial charge in [-0.2, -0.15) is 0 Å². The number of hydrogen-bond donors (Lipinski definition) is 4. The van der Waals surface area contributed by atoms with Gasteiger partial charge in [0.05, 0.1) is 18.8 Å². The number of carbonyl (C=O) groups excluding carboxylic acids is 1. The van der Waals surface area contributed by atoms with E-state index in [4.69, 9.17) is 0 Å². The maximum Gasteiger partial charge on any atom is 0.249 e. The summed E-state index contributed by atoms with van der Waals surface area (Å²) in [6, 6.07) is -0.821. The van der Waals surface area contributed by atoms with Crippen LogP contribution in [0.15, 0.2) is 36.5 Å². The van der Waals surface area contributed by atoms with Gasteiger partial charge < -0.3 is 20.6 Å². The molecule has 0 aromatic heterocycles. The van der Waals surface area contributed by atoms with Crippen molar-refractivity contribution in [3.05, 3.63) is 36.5 Å². The lowest BCUT2D eigenvalue weighted by Gasteiger charge is -2.21. The first-order valence-corrected chi connectivity index (χ1v) is 31.3. The molecule has 5 heteroatoms. The van der Waals surface area contributed by atoms with Gasteiger partial charge in [0.2, 0.25) is 5.91 Å². The van der Waals surface area contributed by atoms with E-state index in [1.165, 1.54) is 276 Å². The molecule has 69 heavy (non-hydrogen) atoms. The first-order valence-electron chi connectivity index (χ1n) is 31.3. The number of unbranched alkanes of at least 4 members (excludes halogenated alkanes) is 46. The van der Waals surface area contributed by atoms with Crippen LogP contribution in [0.3, 0.4) is 0 Å². The predicted molar refractivity (Wildman–Crippen MR) is 305 cm³/mol. The number of amides is 1. The number of carbonyl (C=O) groups is 1.